The molecule has 0 saturated heterocycles. The number of anilines is 1. The quantitative estimate of drug-likeness (QED) is 0.895. The van der Waals surface area contributed by atoms with Gasteiger partial charge in [0.15, 0.2) is 5.82 Å². The second-order valence-electron chi connectivity index (χ2n) is 4.42. The third-order valence-electron chi connectivity index (χ3n) is 2.63. The molecule has 2 aromatic rings. The molecule has 4 nitrogen and oxygen atoms in total. The SMILES string of the molecule is CCNc1cc(C(C)C)nc(-c2ccncc2)n1. The average Bonchev–Trinajstić information content (AvgIpc) is 2.40. The normalized spacial score (nSPS) is 10.7. The molecule has 0 spiro atoms. The molecule has 1 N–H and O–H groups in total. The van der Waals surface area contributed by atoms with Gasteiger partial charge in [-0.25, -0.2) is 9.97 Å². The Morgan fingerprint density at radius 1 is 1.17 bits per heavy atom. The van der Waals surface area contributed by atoms with E-state index in [9.17, 15) is 0 Å². The van der Waals surface area contributed by atoms with E-state index in [1.54, 1.807) is 12.4 Å². The van der Waals surface area contributed by atoms with Crippen molar-refractivity contribution >= 4 is 5.82 Å². The lowest BCUT2D eigenvalue weighted by Crippen LogP contribution is -2.05. The summed E-state index contributed by atoms with van der Waals surface area (Å²) in [5.41, 5.74) is 2.04. The predicted octanol–water partition coefficient (Wildman–Crippen LogP) is 3.09. The van der Waals surface area contributed by atoms with Gasteiger partial charge in [-0.2, -0.15) is 0 Å². The Balaban J connectivity index is 2.46. The lowest BCUT2D eigenvalue weighted by atomic mass is 10.1. The molecule has 0 atom stereocenters. The second kappa shape index (κ2) is 5.58. The minimum Gasteiger partial charge on any atom is -0.370 e. The molecule has 2 rings (SSSR count). The van der Waals surface area contributed by atoms with Crippen molar-refractivity contribution in [1.29, 1.82) is 0 Å². The first-order valence-corrected chi connectivity index (χ1v) is 6.24. The lowest BCUT2D eigenvalue weighted by molar-refractivity contribution is 0.817. The highest BCUT2D eigenvalue weighted by Crippen LogP contribution is 2.21. The van der Waals surface area contributed by atoms with Crippen molar-refractivity contribution in [1.82, 2.24) is 15.0 Å². The minimum absolute atomic E-state index is 0.381. The van der Waals surface area contributed by atoms with Crippen molar-refractivity contribution in [2.75, 3.05) is 11.9 Å². The van der Waals surface area contributed by atoms with Gasteiger partial charge in [0.25, 0.3) is 0 Å². The number of nitrogens with zero attached hydrogens (tertiary/aromatic N) is 3. The molecular formula is C14H18N4. The van der Waals surface area contributed by atoms with Crippen molar-refractivity contribution in [2.45, 2.75) is 26.7 Å². The Labute approximate surface area is 108 Å². The number of aromatic nitrogens is 3. The number of hydrogen-bond donors (Lipinski definition) is 1. The second-order valence-corrected chi connectivity index (χ2v) is 4.42. The number of rotatable bonds is 4. The van der Waals surface area contributed by atoms with Crippen LogP contribution in [0, 0.1) is 0 Å². The summed E-state index contributed by atoms with van der Waals surface area (Å²) >= 11 is 0. The number of hydrogen-bond acceptors (Lipinski definition) is 4. The predicted molar refractivity (Wildman–Crippen MR) is 73.5 cm³/mol. The van der Waals surface area contributed by atoms with Crippen LogP contribution in [0.25, 0.3) is 11.4 Å². The molecule has 94 valence electrons. The monoisotopic (exact) mass is 242 g/mol. The highest BCUT2D eigenvalue weighted by molar-refractivity contribution is 5.56. The molecule has 0 radical (unpaired) electrons. The summed E-state index contributed by atoms with van der Waals surface area (Å²) < 4.78 is 0. The van der Waals surface area contributed by atoms with Gasteiger partial charge in [-0.05, 0) is 25.0 Å². The Kier molecular flexibility index (Phi) is 3.87. The standard InChI is InChI=1S/C14H18N4/c1-4-16-13-9-12(10(2)3)17-14(18-13)11-5-7-15-8-6-11/h5-10H,4H2,1-3H3,(H,16,17,18). The summed E-state index contributed by atoms with van der Waals surface area (Å²) in [4.78, 5) is 13.1. The van der Waals surface area contributed by atoms with Gasteiger partial charge in [-0.15, -0.1) is 0 Å². The van der Waals surface area contributed by atoms with Crippen LogP contribution < -0.4 is 5.32 Å². The summed E-state index contributed by atoms with van der Waals surface area (Å²) in [7, 11) is 0. The van der Waals surface area contributed by atoms with E-state index in [1.165, 1.54) is 0 Å². The fourth-order valence-corrected chi connectivity index (χ4v) is 1.66. The van der Waals surface area contributed by atoms with Crippen LogP contribution in [0.4, 0.5) is 5.82 Å². The van der Waals surface area contributed by atoms with E-state index in [2.05, 4.69) is 41.0 Å². The van der Waals surface area contributed by atoms with Gasteiger partial charge in [-0.3, -0.25) is 4.98 Å². The maximum atomic E-state index is 4.61. The van der Waals surface area contributed by atoms with Crippen molar-refractivity contribution in [3.8, 4) is 11.4 Å². The largest absolute Gasteiger partial charge is 0.370 e. The van der Waals surface area contributed by atoms with Crippen LogP contribution in [-0.4, -0.2) is 21.5 Å². The summed E-state index contributed by atoms with van der Waals surface area (Å²) in [5.74, 6) is 2.01. The zero-order valence-electron chi connectivity index (χ0n) is 11.0. The summed E-state index contributed by atoms with van der Waals surface area (Å²) in [6.45, 7) is 7.18. The van der Waals surface area contributed by atoms with Crippen molar-refractivity contribution in [2.24, 2.45) is 0 Å². The average molecular weight is 242 g/mol. The number of pyridine rings is 1. The summed E-state index contributed by atoms with van der Waals surface area (Å²) in [6, 6.07) is 5.86. The molecule has 0 bridgehead atoms. The van der Waals surface area contributed by atoms with Gasteiger partial charge in [0.05, 0.1) is 0 Å². The molecule has 2 aromatic heterocycles. The van der Waals surface area contributed by atoms with E-state index >= 15 is 0 Å². The van der Waals surface area contributed by atoms with Crippen LogP contribution in [0.5, 0.6) is 0 Å². The summed E-state index contributed by atoms with van der Waals surface area (Å²) in [6.07, 6.45) is 3.52. The molecular weight excluding hydrogens is 224 g/mol. The van der Waals surface area contributed by atoms with E-state index in [-0.39, 0.29) is 0 Å². The van der Waals surface area contributed by atoms with Crippen molar-refractivity contribution < 1.29 is 0 Å². The molecule has 0 amide bonds. The molecule has 0 aliphatic heterocycles. The smallest absolute Gasteiger partial charge is 0.161 e. The van der Waals surface area contributed by atoms with E-state index in [4.69, 9.17) is 0 Å². The minimum atomic E-state index is 0.381. The van der Waals surface area contributed by atoms with Crippen molar-refractivity contribution in [3.63, 3.8) is 0 Å². The molecule has 0 aromatic carbocycles. The highest BCUT2D eigenvalue weighted by Gasteiger charge is 2.08. The van der Waals surface area contributed by atoms with E-state index in [1.807, 2.05) is 18.2 Å². The first-order chi connectivity index (χ1) is 8.70. The molecule has 0 fully saturated rings. The third kappa shape index (κ3) is 2.83. The Morgan fingerprint density at radius 3 is 2.50 bits per heavy atom. The van der Waals surface area contributed by atoms with Crippen LogP contribution in [0.15, 0.2) is 30.6 Å². The molecule has 0 aliphatic carbocycles. The lowest BCUT2D eigenvalue weighted by Gasteiger charge is -2.10. The molecule has 4 heteroatoms. The molecule has 0 unspecified atom stereocenters. The zero-order chi connectivity index (χ0) is 13.0. The fourth-order valence-electron chi connectivity index (χ4n) is 1.66. The Hall–Kier alpha value is -1.97. The Morgan fingerprint density at radius 2 is 1.89 bits per heavy atom. The molecule has 0 aliphatic rings. The van der Waals surface area contributed by atoms with E-state index < -0.39 is 0 Å². The Bertz CT molecular complexity index is 508. The number of nitrogens with one attached hydrogen (secondary N) is 1. The van der Waals surface area contributed by atoms with E-state index in [0.717, 1.165) is 29.4 Å². The van der Waals surface area contributed by atoms with Crippen LogP contribution in [0.1, 0.15) is 32.4 Å². The zero-order valence-corrected chi connectivity index (χ0v) is 11.0. The van der Waals surface area contributed by atoms with Crippen molar-refractivity contribution in [3.05, 3.63) is 36.3 Å². The van der Waals surface area contributed by atoms with Gasteiger partial charge in [0, 0.05) is 36.3 Å². The van der Waals surface area contributed by atoms with Crippen LogP contribution in [0.2, 0.25) is 0 Å². The molecule has 18 heavy (non-hydrogen) atoms. The molecule has 0 saturated carbocycles. The summed E-state index contributed by atoms with van der Waals surface area (Å²) in [5, 5.41) is 3.25. The van der Waals surface area contributed by atoms with Gasteiger partial charge in [-0.1, -0.05) is 13.8 Å². The van der Waals surface area contributed by atoms with Crippen LogP contribution in [0.3, 0.4) is 0 Å². The maximum Gasteiger partial charge on any atom is 0.161 e. The van der Waals surface area contributed by atoms with Gasteiger partial charge < -0.3 is 5.32 Å². The highest BCUT2D eigenvalue weighted by atomic mass is 15.0. The topological polar surface area (TPSA) is 50.7 Å². The van der Waals surface area contributed by atoms with E-state index in [0.29, 0.717) is 5.92 Å². The van der Waals surface area contributed by atoms with Gasteiger partial charge in [0.1, 0.15) is 5.82 Å². The van der Waals surface area contributed by atoms with Gasteiger partial charge in [0.2, 0.25) is 0 Å². The first-order valence-electron chi connectivity index (χ1n) is 6.24. The van der Waals surface area contributed by atoms with Crippen LogP contribution >= 0.6 is 0 Å². The first kappa shape index (κ1) is 12.5. The third-order valence-corrected chi connectivity index (χ3v) is 2.63. The molecule has 2 heterocycles. The van der Waals surface area contributed by atoms with Crippen LogP contribution in [-0.2, 0) is 0 Å². The fraction of sp³-hybridized carbons (Fsp3) is 0.357. The maximum absolute atomic E-state index is 4.61. The van der Waals surface area contributed by atoms with Gasteiger partial charge >= 0.3 is 0 Å².